The van der Waals surface area contributed by atoms with E-state index in [0.717, 1.165) is 18.6 Å². The molecule has 2 aliphatic rings. The molecule has 9 heteroatoms. The van der Waals surface area contributed by atoms with Gasteiger partial charge in [-0.3, -0.25) is 4.79 Å². The molecule has 4 rings (SSSR count). The summed E-state index contributed by atoms with van der Waals surface area (Å²) in [5.41, 5.74) is 0.317. The number of alkyl halides is 3. The molecule has 1 atom stereocenters. The van der Waals surface area contributed by atoms with Crippen molar-refractivity contribution in [1.82, 2.24) is 9.88 Å². The zero-order valence-corrected chi connectivity index (χ0v) is 16.3. The molecular weight excluding hydrogens is 399 g/mol. The number of anilines is 1. The lowest BCUT2D eigenvalue weighted by molar-refractivity contribution is -0.137. The lowest BCUT2D eigenvalue weighted by Crippen LogP contribution is -2.48. The van der Waals surface area contributed by atoms with Gasteiger partial charge in [0.15, 0.2) is 0 Å². The number of carbonyl (C=O) groups is 1. The van der Waals surface area contributed by atoms with E-state index in [1.165, 1.54) is 12.3 Å². The summed E-state index contributed by atoms with van der Waals surface area (Å²) in [5.74, 6) is 0.243. The zero-order valence-electron chi connectivity index (χ0n) is 16.3. The number of hydrogen-bond acceptors (Lipinski definition) is 5. The van der Waals surface area contributed by atoms with Crippen LogP contribution in [0.25, 0.3) is 0 Å². The number of carbonyl (C=O) groups excluding carboxylic acids is 1. The molecule has 0 spiro atoms. The van der Waals surface area contributed by atoms with Crippen LogP contribution in [0, 0.1) is 0 Å². The third-order valence-corrected chi connectivity index (χ3v) is 5.26. The normalized spacial score (nSPS) is 19.8. The summed E-state index contributed by atoms with van der Waals surface area (Å²) < 4.78 is 49.9. The van der Waals surface area contributed by atoms with Gasteiger partial charge in [0.2, 0.25) is 5.88 Å². The molecule has 2 aliphatic heterocycles. The minimum atomic E-state index is -4.38. The maximum Gasteiger partial charge on any atom is 0.416 e. The predicted octanol–water partition coefficient (Wildman–Crippen LogP) is 3.23. The van der Waals surface area contributed by atoms with Gasteiger partial charge in [0.05, 0.1) is 18.8 Å². The summed E-state index contributed by atoms with van der Waals surface area (Å²) in [6.07, 6.45) is -2.10. The fourth-order valence-corrected chi connectivity index (χ4v) is 3.61. The fraction of sp³-hybridized carbons (Fsp3) is 0.429. The van der Waals surface area contributed by atoms with Crippen LogP contribution in [0.2, 0.25) is 0 Å². The van der Waals surface area contributed by atoms with Gasteiger partial charge in [-0.1, -0.05) is 6.07 Å². The zero-order chi connectivity index (χ0) is 21.1. The summed E-state index contributed by atoms with van der Waals surface area (Å²) in [4.78, 5) is 20.6. The SMILES string of the molecule is O=C(c1ccnc(OC2CCOC2)c1)N1CCN(c2cccc(C(F)(F)F)c2)CC1. The van der Waals surface area contributed by atoms with Crippen molar-refractivity contribution in [2.24, 2.45) is 0 Å². The molecule has 2 saturated heterocycles. The van der Waals surface area contributed by atoms with Crippen molar-refractivity contribution in [1.29, 1.82) is 0 Å². The van der Waals surface area contributed by atoms with Gasteiger partial charge in [-0.2, -0.15) is 13.2 Å². The number of aromatic nitrogens is 1. The number of pyridine rings is 1. The standard InChI is InChI=1S/C21H22F3N3O3/c22-21(23,24)16-2-1-3-17(13-16)26-7-9-27(10-8-26)20(28)15-4-6-25-19(12-15)30-18-5-11-29-14-18/h1-4,6,12-13,18H,5,7-11,14H2. The van der Waals surface area contributed by atoms with Gasteiger partial charge >= 0.3 is 6.18 Å². The second-order valence-electron chi connectivity index (χ2n) is 7.31. The summed E-state index contributed by atoms with van der Waals surface area (Å²) in [6, 6.07) is 8.54. The van der Waals surface area contributed by atoms with Gasteiger partial charge in [-0.25, -0.2) is 4.98 Å². The molecule has 2 fully saturated rings. The predicted molar refractivity (Wildman–Crippen MR) is 104 cm³/mol. The first-order chi connectivity index (χ1) is 14.4. The van der Waals surface area contributed by atoms with Crippen molar-refractivity contribution >= 4 is 11.6 Å². The molecule has 160 valence electrons. The average molecular weight is 421 g/mol. The van der Waals surface area contributed by atoms with Gasteiger partial charge in [-0.05, 0) is 24.3 Å². The molecule has 1 unspecified atom stereocenters. The largest absolute Gasteiger partial charge is 0.472 e. The smallest absolute Gasteiger partial charge is 0.416 e. The van der Waals surface area contributed by atoms with Crippen LogP contribution < -0.4 is 9.64 Å². The van der Waals surface area contributed by atoms with Crippen LogP contribution in [0.4, 0.5) is 18.9 Å². The Kier molecular flexibility index (Phi) is 5.80. The van der Waals surface area contributed by atoms with Crippen molar-refractivity contribution in [3.63, 3.8) is 0 Å². The number of nitrogens with zero attached hydrogens (tertiary/aromatic N) is 3. The van der Waals surface area contributed by atoms with Crippen LogP contribution in [-0.4, -0.2) is 61.3 Å². The third-order valence-electron chi connectivity index (χ3n) is 5.26. The van der Waals surface area contributed by atoms with E-state index in [9.17, 15) is 18.0 Å². The molecule has 0 saturated carbocycles. The molecule has 30 heavy (non-hydrogen) atoms. The second-order valence-corrected chi connectivity index (χ2v) is 7.31. The first-order valence-corrected chi connectivity index (χ1v) is 9.82. The molecule has 1 aromatic carbocycles. The Morgan fingerprint density at radius 3 is 2.63 bits per heavy atom. The van der Waals surface area contributed by atoms with Gasteiger partial charge in [-0.15, -0.1) is 0 Å². The number of benzene rings is 1. The lowest BCUT2D eigenvalue weighted by Gasteiger charge is -2.36. The van der Waals surface area contributed by atoms with Crippen molar-refractivity contribution in [2.45, 2.75) is 18.7 Å². The highest BCUT2D eigenvalue weighted by atomic mass is 19.4. The van der Waals surface area contributed by atoms with Crippen LogP contribution in [0.5, 0.6) is 5.88 Å². The van der Waals surface area contributed by atoms with Crippen LogP contribution >= 0.6 is 0 Å². The highest BCUT2D eigenvalue weighted by molar-refractivity contribution is 5.94. The topological polar surface area (TPSA) is 54.9 Å². The van der Waals surface area contributed by atoms with E-state index in [0.29, 0.717) is 56.5 Å². The number of amides is 1. The minimum Gasteiger partial charge on any atom is -0.472 e. The molecule has 1 amide bonds. The van der Waals surface area contributed by atoms with E-state index in [4.69, 9.17) is 9.47 Å². The first-order valence-electron chi connectivity index (χ1n) is 9.82. The number of piperazine rings is 1. The third kappa shape index (κ3) is 4.67. The van der Waals surface area contributed by atoms with Gasteiger partial charge in [0.25, 0.3) is 5.91 Å². The molecule has 0 bridgehead atoms. The summed E-state index contributed by atoms with van der Waals surface area (Å²) in [7, 11) is 0. The Hall–Kier alpha value is -2.81. The molecule has 0 aliphatic carbocycles. The maximum atomic E-state index is 13.0. The van der Waals surface area contributed by atoms with Crippen LogP contribution in [0.1, 0.15) is 22.3 Å². The van der Waals surface area contributed by atoms with Gasteiger partial charge < -0.3 is 19.3 Å². The van der Waals surface area contributed by atoms with Crippen LogP contribution in [0.3, 0.4) is 0 Å². The van der Waals surface area contributed by atoms with Gasteiger partial charge in [0.1, 0.15) is 6.10 Å². The quantitative estimate of drug-likeness (QED) is 0.759. The number of rotatable bonds is 4. The highest BCUT2D eigenvalue weighted by Gasteiger charge is 2.31. The van der Waals surface area contributed by atoms with Crippen LogP contribution in [-0.2, 0) is 10.9 Å². The number of ether oxygens (including phenoxy) is 2. The Morgan fingerprint density at radius 2 is 1.93 bits per heavy atom. The van der Waals surface area contributed by atoms with Crippen molar-refractivity contribution in [2.75, 3.05) is 44.3 Å². The van der Waals surface area contributed by atoms with Crippen LogP contribution in [0.15, 0.2) is 42.6 Å². The Bertz CT molecular complexity index is 892. The van der Waals surface area contributed by atoms with E-state index < -0.39 is 11.7 Å². The van der Waals surface area contributed by atoms with Gasteiger partial charge in [0, 0.05) is 56.1 Å². The van der Waals surface area contributed by atoms with Crippen molar-refractivity contribution < 1.29 is 27.4 Å². The van der Waals surface area contributed by atoms with E-state index >= 15 is 0 Å². The molecule has 1 aromatic heterocycles. The molecule has 3 heterocycles. The summed E-state index contributed by atoms with van der Waals surface area (Å²) in [5, 5.41) is 0. The molecule has 6 nitrogen and oxygen atoms in total. The summed E-state index contributed by atoms with van der Waals surface area (Å²) in [6.45, 7) is 2.92. The molecular formula is C21H22F3N3O3. The van der Waals surface area contributed by atoms with E-state index in [-0.39, 0.29) is 12.0 Å². The number of halogens is 3. The lowest BCUT2D eigenvalue weighted by atomic mass is 10.1. The minimum absolute atomic E-state index is 0.0566. The van der Waals surface area contributed by atoms with E-state index in [1.54, 1.807) is 23.1 Å². The van der Waals surface area contributed by atoms with E-state index in [2.05, 4.69) is 4.98 Å². The Morgan fingerprint density at radius 1 is 1.13 bits per heavy atom. The van der Waals surface area contributed by atoms with Crippen molar-refractivity contribution in [3.05, 3.63) is 53.7 Å². The van der Waals surface area contributed by atoms with E-state index in [1.807, 2.05) is 4.90 Å². The summed E-state index contributed by atoms with van der Waals surface area (Å²) >= 11 is 0. The average Bonchev–Trinajstić information content (AvgIpc) is 3.26. The number of hydrogen-bond donors (Lipinski definition) is 0. The molecule has 0 radical (unpaired) electrons. The highest BCUT2D eigenvalue weighted by Crippen LogP contribution is 2.32. The second kappa shape index (κ2) is 8.51. The van der Waals surface area contributed by atoms with Crippen molar-refractivity contribution in [3.8, 4) is 5.88 Å². The Labute approximate surface area is 172 Å². The first kappa shape index (κ1) is 20.5. The Balaban J connectivity index is 1.38. The molecule has 0 N–H and O–H groups in total. The maximum absolute atomic E-state index is 13.0. The monoisotopic (exact) mass is 421 g/mol. The molecule has 2 aromatic rings. The fourth-order valence-electron chi connectivity index (χ4n) is 3.61.